The first-order chi connectivity index (χ1) is 10.5. The van der Waals surface area contributed by atoms with Gasteiger partial charge in [0.1, 0.15) is 0 Å². The fraction of sp³-hybridized carbons (Fsp3) is 0.588. The van der Waals surface area contributed by atoms with Crippen LogP contribution in [0.5, 0.6) is 0 Å². The largest absolute Gasteiger partial charge is 0.377 e. The van der Waals surface area contributed by atoms with Gasteiger partial charge in [-0.3, -0.25) is 9.69 Å². The third kappa shape index (κ3) is 4.65. The van der Waals surface area contributed by atoms with Gasteiger partial charge >= 0.3 is 0 Å². The van der Waals surface area contributed by atoms with E-state index in [4.69, 9.17) is 0 Å². The Morgan fingerprint density at radius 3 is 2.77 bits per heavy atom. The number of hydrogen-bond acceptors (Lipinski definition) is 4. The third-order valence-corrected chi connectivity index (χ3v) is 5.27. The SMILES string of the molecule is Cc1ccc(CNC(=O)CN(C)[C@@H]2CCSC2)c(N(C)C)c1. The molecule has 1 aliphatic rings. The van der Waals surface area contributed by atoms with Crippen molar-refractivity contribution in [3.63, 3.8) is 0 Å². The zero-order chi connectivity index (χ0) is 16.1. The van der Waals surface area contributed by atoms with Gasteiger partial charge in [0.25, 0.3) is 0 Å². The summed E-state index contributed by atoms with van der Waals surface area (Å²) in [6.45, 7) is 3.15. The van der Waals surface area contributed by atoms with Crippen molar-refractivity contribution in [1.29, 1.82) is 0 Å². The van der Waals surface area contributed by atoms with Gasteiger partial charge in [0.15, 0.2) is 0 Å². The predicted octanol–water partition coefficient (Wildman–Crippen LogP) is 2.11. The summed E-state index contributed by atoms with van der Waals surface area (Å²) in [5.41, 5.74) is 3.56. The average Bonchev–Trinajstić information content (AvgIpc) is 3.00. The Balaban J connectivity index is 1.88. The number of nitrogens with one attached hydrogen (secondary N) is 1. The van der Waals surface area contributed by atoms with Gasteiger partial charge in [-0.1, -0.05) is 12.1 Å². The van der Waals surface area contributed by atoms with Crippen molar-refractivity contribution in [2.24, 2.45) is 0 Å². The summed E-state index contributed by atoms with van der Waals surface area (Å²) in [7, 11) is 6.12. The van der Waals surface area contributed by atoms with Gasteiger partial charge in [0.2, 0.25) is 5.91 Å². The first kappa shape index (κ1) is 17.2. The zero-order valence-corrected chi connectivity index (χ0v) is 14.9. The highest BCUT2D eigenvalue weighted by molar-refractivity contribution is 7.99. The van der Waals surface area contributed by atoms with Crippen LogP contribution in [0.15, 0.2) is 18.2 Å². The number of rotatable bonds is 6. The number of carbonyl (C=O) groups excluding carboxylic acids is 1. The van der Waals surface area contributed by atoms with Gasteiger partial charge in [0, 0.05) is 38.1 Å². The van der Waals surface area contributed by atoms with Crippen molar-refractivity contribution >= 4 is 23.4 Å². The Labute approximate surface area is 138 Å². The Bertz CT molecular complexity index is 513. The maximum atomic E-state index is 12.2. The van der Waals surface area contributed by atoms with E-state index in [0.29, 0.717) is 19.1 Å². The topological polar surface area (TPSA) is 35.6 Å². The predicted molar refractivity (Wildman–Crippen MR) is 95.7 cm³/mol. The molecule has 0 unspecified atom stereocenters. The molecule has 1 N–H and O–H groups in total. The highest BCUT2D eigenvalue weighted by Crippen LogP contribution is 2.21. The van der Waals surface area contributed by atoms with Gasteiger partial charge in [0.05, 0.1) is 6.54 Å². The highest BCUT2D eigenvalue weighted by Gasteiger charge is 2.21. The molecule has 1 heterocycles. The maximum Gasteiger partial charge on any atom is 0.234 e. The lowest BCUT2D eigenvalue weighted by atomic mass is 10.1. The van der Waals surface area contributed by atoms with Gasteiger partial charge in [-0.2, -0.15) is 11.8 Å². The van der Waals surface area contributed by atoms with E-state index < -0.39 is 0 Å². The van der Waals surface area contributed by atoms with Crippen molar-refractivity contribution in [2.45, 2.75) is 25.9 Å². The lowest BCUT2D eigenvalue weighted by Crippen LogP contribution is -2.40. The smallest absolute Gasteiger partial charge is 0.234 e. The molecule has 0 radical (unpaired) electrons. The van der Waals surface area contributed by atoms with E-state index in [2.05, 4.69) is 40.2 Å². The van der Waals surface area contributed by atoms with Crippen LogP contribution >= 0.6 is 11.8 Å². The molecule has 5 heteroatoms. The van der Waals surface area contributed by atoms with Crippen molar-refractivity contribution in [3.8, 4) is 0 Å². The molecule has 0 aromatic heterocycles. The molecule has 122 valence electrons. The Kier molecular flexibility index (Phi) is 6.15. The number of aryl methyl sites for hydroxylation is 1. The molecule has 1 aliphatic heterocycles. The van der Waals surface area contributed by atoms with Crippen molar-refractivity contribution in [2.75, 3.05) is 44.1 Å². The van der Waals surface area contributed by atoms with Crippen molar-refractivity contribution < 1.29 is 4.79 Å². The van der Waals surface area contributed by atoms with Crippen LogP contribution in [0.25, 0.3) is 0 Å². The molecular formula is C17H27N3OS. The van der Waals surface area contributed by atoms with Crippen LogP contribution in [0, 0.1) is 6.92 Å². The fourth-order valence-corrected chi connectivity index (χ4v) is 4.01. The molecule has 1 aromatic rings. The summed E-state index contributed by atoms with van der Waals surface area (Å²) in [6.07, 6.45) is 1.19. The summed E-state index contributed by atoms with van der Waals surface area (Å²) in [4.78, 5) is 16.4. The van der Waals surface area contributed by atoms with E-state index in [1.165, 1.54) is 23.4 Å². The van der Waals surface area contributed by atoms with E-state index in [-0.39, 0.29) is 5.91 Å². The summed E-state index contributed by atoms with van der Waals surface area (Å²) < 4.78 is 0. The van der Waals surface area contributed by atoms with Crippen LogP contribution in [0.4, 0.5) is 5.69 Å². The summed E-state index contributed by atoms with van der Waals surface area (Å²) >= 11 is 1.98. The highest BCUT2D eigenvalue weighted by atomic mass is 32.2. The lowest BCUT2D eigenvalue weighted by Gasteiger charge is -2.23. The summed E-state index contributed by atoms with van der Waals surface area (Å²) in [6, 6.07) is 6.90. The second-order valence-electron chi connectivity index (χ2n) is 6.24. The number of benzene rings is 1. The quantitative estimate of drug-likeness (QED) is 0.870. The van der Waals surface area contributed by atoms with Gasteiger partial charge in [-0.05, 0) is 43.3 Å². The van der Waals surface area contributed by atoms with Gasteiger partial charge in [-0.25, -0.2) is 0 Å². The second-order valence-corrected chi connectivity index (χ2v) is 7.39. The minimum absolute atomic E-state index is 0.102. The molecule has 1 atom stereocenters. The van der Waals surface area contributed by atoms with E-state index >= 15 is 0 Å². The first-order valence-corrected chi connectivity index (χ1v) is 8.94. The average molecular weight is 321 g/mol. The van der Waals surface area contributed by atoms with Gasteiger partial charge < -0.3 is 10.2 Å². The van der Waals surface area contributed by atoms with E-state index in [9.17, 15) is 4.79 Å². The molecule has 1 aromatic carbocycles. The molecular weight excluding hydrogens is 294 g/mol. The number of anilines is 1. The van der Waals surface area contributed by atoms with Crippen LogP contribution < -0.4 is 10.2 Å². The van der Waals surface area contributed by atoms with E-state index in [1.54, 1.807) is 0 Å². The summed E-state index contributed by atoms with van der Waals surface area (Å²) in [5.74, 6) is 2.46. The lowest BCUT2D eigenvalue weighted by molar-refractivity contribution is -0.122. The van der Waals surface area contributed by atoms with E-state index in [0.717, 1.165) is 11.3 Å². The monoisotopic (exact) mass is 321 g/mol. The van der Waals surface area contributed by atoms with Crippen LogP contribution in [0.1, 0.15) is 17.5 Å². The van der Waals surface area contributed by atoms with Crippen molar-refractivity contribution in [3.05, 3.63) is 29.3 Å². The Morgan fingerprint density at radius 2 is 2.14 bits per heavy atom. The Hall–Kier alpha value is -1.20. The standard InChI is InChI=1S/C17H27N3OS/c1-13-5-6-14(16(9-13)19(2)3)10-18-17(21)11-20(4)15-7-8-22-12-15/h5-6,9,15H,7-8,10-12H2,1-4H3,(H,18,21)/t15-/m1/s1. The van der Waals surface area contributed by atoms with Crippen LogP contribution in [0.2, 0.25) is 0 Å². The minimum Gasteiger partial charge on any atom is -0.377 e. The molecule has 4 nitrogen and oxygen atoms in total. The molecule has 1 amide bonds. The number of carbonyl (C=O) groups is 1. The molecule has 0 spiro atoms. The number of nitrogens with zero attached hydrogens (tertiary/aromatic N) is 2. The normalized spacial score (nSPS) is 17.8. The number of hydrogen-bond donors (Lipinski definition) is 1. The molecule has 1 saturated heterocycles. The molecule has 1 fully saturated rings. The first-order valence-electron chi connectivity index (χ1n) is 7.79. The molecule has 22 heavy (non-hydrogen) atoms. The minimum atomic E-state index is 0.102. The molecule has 0 aliphatic carbocycles. The van der Waals surface area contributed by atoms with Crippen LogP contribution in [0.3, 0.4) is 0 Å². The van der Waals surface area contributed by atoms with Crippen LogP contribution in [-0.4, -0.2) is 56.0 Å². The fourth-order valence-electron chi connectivity index (χ4n) is 2.71. The molecule has 0 saturated carbocycles. The number of thioether (sulfide) groups is 1. The molecule has 2 rings (SSSR count). The number of likely N-dealkylation sites (N-methyl/N-ethyl adjacent to an activating group) is 1. The van der Waals surface area contributed by atoms with E-state index in [1.807, 2.05) is 32.9 Å². The Morgan fingerprint density at radius 1 is 1.36 bits per heavy atom. The maximum absolute atomic E-state index is 12.2. The van der Waals surface area contributed by atoms with Crippen LogP contribution in [-0.2, 0) is 11.3 Å². The molecule has 0 bridgehead atoms. The van der Waals surface area contributed by atoms with Gasteiger partial charge in [-0.15, -0.1) is 0 Å². The zero-order valence-electron chi connectivity index (χ0n) is 14.1. The summed E-state index contributed by atoms with van der Waals surface area (Å²) in [5, 5.41) is 3.05. The van der Waals surface area contributed by atoms with Crippen molar-refractivity contribution in [1.82, 2.24) is 10.2 Å². The second kappa shape index (κ2) is 7.88. The number of amides is 1. The third-order valence-electron chi connectivity index (χ3n) is 4.12.